The van der Waals surface area contributed by atoms with E-state index in [0.717, 1.165) is 17.7 Å². The number of rotatable bonds is 4. The summed E-state index contributed by atoms with van der Waals surface area (Å²) in [6, 6.07) is 3.24. The predicted molar refractivity (Wildman–Crippen MR) is 71.4 cm³/mol. The van der Waals surface area contributed by atoms with Crippen LogP contribution in [-0.4, -0.2) is 30.0 Å². The molecule has 0 spiro atoms. The average Bonchev–Trinajstić information content (AvgIpc) is 3.11. The van der Waals surface area contributed by atoms with Crippen molar-refractivity contribution in [1.29, 1.82) is 0 Å². The van der Waals surface area contributed by atoms with Crippen molar-refractivity contribution >= 4 is 6.03 Å². The molecule has 0 bridgehead atoms. The number of carbonyl (C=O) groups is 1. The zero-order chi connectivity index (χ0) is 14.2. The van der Waals surface area contributed by atoms with Crippen molar-refractivity contribution in [1.82, 2.24) is 5.06 Å². The molecule has 0 aromatic heterocycles. The number of hydrogen-bond donors (Lipinski definition) is 2. The summed E-state index contributed by atoms with van der Waals surface area (Å²) >= 11 is 0. The topological polar surface area (TPSA) is 75.8 Å². The lowest BCUT2D eigenvalue weighted by Gasteiger charge is -2.14. The minimum atomic E-state index is -0.798. The molecule has 1 aromatic rings. The van der Waals surface area contributed by atoms with Crippen molar-refractivity contribution < 1.29 is 14.7 Å². The summed E-state index contributed by atoms with van der Waals surface area (Å²) in [5.74, 6) is 1.56. The number of benzene rings is 1. The van der Waals surface area contributed by atoms with Gasteiger partial charge in [0.1, 0.15) is 5.75 Å². The monoisotopic (exact) mass is 264 g/mol. The number of hydrogen-bond acceptors (Lipinski definition) is 3. The van der Waals surface area contributed by atoms with Crippen LogP contribution in [0.3, 0.4) is 0 Å². The Morgan fingerprint density at radius 3 is 2.74 bits per heavy atom. The smallest absolute Gasteiger partial charge is 0.338 e. The maximum absolute atomic E-state index is 10.8. The summed E-state index contributed by atoms with van der Waals surface area (Å²) in [6.07, 6.45) is 0.969. The maximum atomic E-state index is 10.8. The first-order valence-electron chi connectivity index (χ1n) is 6.35. The van der Waals surface area contributed by atoms with Crippen LogP contribution in [0, 0.1) is 19.8 Å². The van der Waals surface area contributed by atoms with Gasteiger partial charge in [-0.05, 0) is 54.9 Å². The van der Waals surface area contributed by atoms with Crippen LogP contribution in [0.5, 0.6) is 5.75 Å². The van der Waals surface area contributed by atoms with E-state index in [1.54, 1.807) is 7.11 Å². The summed E-state index contributed by atoms with van der Waals surface area (Å²) in [5, 5.41) is 9.94. The van der Waals surface area contributed by atoms with Crippen LogP contribution >= 0.6 is 0 Å². The molecule has 0 aliphatic heterocycles. The summed E-state index contributed by atoms with van der Waals surface area (Å²) in [6.45, 7) is 4.41. The quantitative estimate of drug-likeness (QED) is 0.646. The fraction of sp³-hybridized carbons (Fsp3) is 0.500. The van der Waals surface area contributed by atoms with E-state index in [1.165, 1.54) is 11.1 Å². The van der Waals surface area contributed by atoms with Crippen LogP contribution in [-0.2, 0) is 0 Å². The number of ether oxygens (including phenoxy) is 1. The van der Waals surface area contributed by atoms with Gasteiger partial charge >= 0.3 is 6.03 Å². The van der Waals surface area contributed by atoms with Crippen molar-refractivity contribution in [3.05, 3.63) is 28.8 Å². The van der Waals surface area contributed by atoms with Gasteiger partial charge < -0.3 is 10.5 Å². The molecule has 2 rings (SSSR count). The highest BCUT2D eigenvalue weighted by Gasteiger charge is 2.40. The number of urea groups is 1. The van der Waals surface area contributed by atoms with Crippen molar-refractivity contribution in [2.45, 2.75) is 26.2 Å². The van der Waals surface area contributed by atoms with Crippen molar-refractivity contribution in [3.8, 4) is 5.75 Å². The lowest BCUT2D eigenvalue weighted by molar-refractivity contribution is -0.0431. The SMILES string of the molecule is COc1ccc([C@@H]2C[C@H]2CN(O)C(N)=O)c(C)c1C. The van der Waals surface area contributed by atoms with Crippen LogP contribution in [0.4, 0.5) is 4.79 Å². The van der Waals surface area contributed by atoms with Gasteiger partial charge in [0, 0.05) is 0 Å². The normalized spacial score (nSPS) is 21.1. The highest BCUT2D eigenvalue weighted by atomic mass is 16.5. The van der Waals surface area contributed by atoms with Crippen molar-refractivity contribution in [2.24, 2.45) is 11.7 Å². The Hall–Kier alpha value is -1.75. The van der Waals surface area contributed by atoms with Crippen LogP contribution in [0.15, 0.2) is 12.1 Å². The van der Waals surface area contributed by atoms with E-state index in [1.807, 2.05) is 13.0 Å². The molecule has 3 N–H and O–H groups in total. The molecule has 0 unspecified atom stereocenters. The molecule has 19 heavy (non-hydrogen) atoms. The second-order valence-corrected chi connectivity index (χ2v) is 5.13. The first kappa shape index (κ1) is 13.7. The lowest BCUT2D eigenvalue weighted by Crippen LogP contribution is -2.34. The van der Waals surface area contributed by atoms with Gasteiger partial charge in [0.05, 0.1) is 13.7 Å². The fourth-order valence-electron chi connectivity index (χ4n) is 2.58. The number of methoxy groups -OCH3 is 1. The molecule has 1 fully saturated rings. The van der Waals surface area contributed by atoms with Gasteiger partial charge in [-0.3, -0.25) is 5.21 Å². The molecule has 2 atom stereocenters. The first-order valence-corrected chi connectivity index (χ1v) is 6.35. The average molecular weight is 264 g/mol. The van der Waals surface area contributed by atoms with E-state index in [4.69, 9.17) is 10.5 Å². The van der Waals surface area contributed by atoms with Crippen LogP contribution in [0.25, 0.3) is 0 Å². The second kappa shape index (κ2) is 5.09. The zero-order valence-electron chi connectivity index (χ0n) is 11.5. The highest BCUT2D eigenvalue weighted by Crippen LogP contribution is 2.49. The number of carbonyl (C=O) groups excluding carboxylic acids is 1. The third-order valence-electron chi connectivity index (χ3n) is 3.98. The number of amides is 2. The lowest BCUT2D eigenvalue weighted by atomic mass is 9.98. The molecule has 5 nitrogen and oxygen atoms in total. The van der Waals surface area contributed by atoms with E-state index in [9.17, 15) is 10.0 Å². The number of nitrogens with zero attached hydrogens (tertiary/aromatic N) is 1. The standard InChI is InChI=1S/C14H20N2O3/c1-8-9(2)13(19-3)5-4-11(8)12-6-10(12)7-16(18)14(15)17/h4-5,10,12,18H,6-7H2,1-3H3,(H2,15,17)/t10-,12+/m0/s1. The van der Waals surface area contributed by atoms with Crippen LogP contribution in [0.2, 0.25) is 0 Å². The Labute approximate surface area is 112 Å². The van der Waals surface area contributed by atoms with E-state index in [0.29, 0.717) is 17.5 Å². The molecule has 104 valence electrons. The summed E-state index contributed by atoms with van der Waals surface area (Å²) in [7, 11) is 1.66. The Bertz CT molecular complexity index is 502. The van der Waals surface area contributed by atoms with E-state index in [-0.39, 0.29) is 5.92 Å². The maximum Gasteiger partial charge on any atom is 0.338 e. The molecule has 1 aromatic carbocycles. The molecule has 0 heterocycles. The van der Waals surface area contributed by atoms with Gasteiger partial charge in [-0.1, -0.05) is 6.07 Å². The summed E-state index contributed by atoms with van der Waals surface area (Å²) in [4.78, 5) is 10.8. The third kappa shape index (κ3) is 2.66. The van der Waals surface area contributed by atoms with Crippen molar-refractivity contribution in [2.75, 3.05) is 13.7 Å². The van der Waals surface area contributed by atoms with Gasteiger partial charge in [0.2, 0.25) is 0 Å². The molecule has 1 saturated carbocycles. The number of nitrogens with two attached hydrogens (primary N) is 1. The molecule has 1 aliphatic rings. The van der Waals surface area contributed by atoms with Crippen LogP contribution < -0.4 is 10.5 Å². The Balaban J connectivity index is 2.09. The summed E-state index contributed by atoms with van der Waals surface area (Å²) < 4.78 is 5.29. The molecular weight excluding hydrogens is 244 g/mol. The minimum Gasteiger partial charge on any atom is -0.496 e. The molecule has 0 saturated heterocycles. The molecule has 1 aliphatic carbocycles. The van der Waals surface area contributed by atoms with Gasteiger partial charge in [-0.25, -0.2) is 9.86 Å². The Morgan fingerprint density at radius 2 is 2.16 bits per heavy atom. The fourth-order valence-corrected chi connectivity index (χ4v) is 2.58. The van der Waals surface area contributed by atoms with Crippen LogP contribution in [0.1, 0.15) is 29.0 Å². The minimum absolute atomic E-state index is 0.281. The summed E-state index contributed by atoms with van der Waals surface area (Å²) in [5.41, 5.74) is 8.63. The molecule has 5 heteroatoms. The van der Waals surface area contributed by atoms with Gasteiger partial charge in [-0.15, -0.1) is 0 Å². The number of primary amides is 1. The molecule has 2 amide bonds. The molecular formula is C14H20N2O3. The Kier molecular flexibility index (Phi) is 3.66. The van der Waals surface area contributed by atoms with E-state index >= 15 is 0 Å². The second-order valence-electron chi connectivity index (χ2n) is 5.13. The van der Waals surface area contributed by atoms with Gasteiger partial charge in [0.15, 0.2) is 0 Å². The largest absolute Gasteiger partial charge is 0.496 e. The molecule has 0 radical (unpaired) electrons. The van der Waals surface area contributed by atoms with E-state index in [2.05, 4.69) is 13.0 Å². The zero-order valence-corrected chi connectivity index (χ0v) is 11.5. The van der Waals surface area contributed by atoms with Gasteiger partial charge in [0.25, 0.3) is 0 Å². The van der Waals surface area contributed by atoms with Gasteiger partial charge in [-0.2, -0.15) is 0 Å². The highest BCUT2D eigenvalue weighted by molar-refractivity contribution is 5.70. The van der Waals surface area contributed by atoms with Crippen molar-refractivity contribution in [3.63, 3.8) is 0 Å². The number of hydroxylamine groups is 2. The Morgan fingerprint density at radius 1 is 1.47 bits per heavy atom. The van der Waals surface area contributed by atoms with E-state index < -0.39 is 6.03 Å². The third-order valence-corrected chi connectivity index (χ3v) is 3.98. The predicted octanol–water partition coefficient (Wildman–Crippen LogP) is 2.19. The first-order chi connectivity index (χ1) is 8.95.